The normalized spacial score (nSPS) is 37.8. The summed E-state index contributed by atoms with van der Waals surface area (Å²) in [7, 11) is 0. The Balaban J connectivity index is 1.82. The van der Waals surface area contributed by atoms with Crippen molar-refractivity contribution < 1.29 is 0 Å². The average Bonchev–Trinajstić information content (AvgIpc) is 2.91. The van der Waals surface area contributed by atoms with E-state index in [1.807, 2.05) is 0 Å². The zero-order chi connectivity index (χ0) is 9.26. The Labute approximate surface area is 80.8 Å². The van der Waals surface area contributed by atoms with Crippen LogP contribution in [0.4, 0.5) is 0 Å². The second-order valence-electron chi connectivity index (χ2n) is 4.78. The first-order valence-electron chi connectivity index (χ1n) is 5.56. The summed E-state index contributed by atoms with van der Waals surface area (Å²) in [5.41, 5.74) is 4.65. The van der Waals surface area contributed by atoms with Crippen molar-refractivity contribution in [2.75, 3.05) is 0 Å². The fourth-order valence-electron chi connectivity index (χ4n) is 1.85. The lowest BCUT2D eigenvalue weighted by Crippen LogP contribution is -2.23. The lowest BCUT2D eigenvalue weighted by Gasteiger charge is -2.26. The molecule has 2 aliphatic carbocycles. The number of hydrogen-bond donors (Lipinski definition) is 1. The van der Waals surface area contributed by atoms with E-state index in [4.69, 9.17) is 0 Å². The van der Waals surface area contributed by atoms with Gasteiger partial charge in [-0.1, -0.05) is 13.8 Å². The standard InChI is InChI=1S/C11H20N2/c1-8-3-4-11(7-9(8)2)13-12-10-5-6-10/h8-10,12H,3-7H2,1-2H3/b13-11-. The van der Waals surface area contributed by atoms with Crippen molar-refractivity contribution in [2.45, 2.75) is 52.0 Å². The number of nitrogens with one attached hydrogen (secondary N) is 1. The average molecular weight is 180 g/mol. The third-order valence-electron chi connectivity index (χ3n) is 3.40. The maximum Gasteiger partial charge on any atom is 0.0441 e. The summed E-state index contributed by atoms with van der Waals surface area (Å²) in [6.45, 7) is 4.70. The molecular weight excluding hydrogens is 160 g/mol. The molecule has 2 aliphatic rings. The maximum absolute atomic E-state index is 4.50. The molecule has 0 bridgehead atoms. The van der Waals surface area contributed by atoms with Crippen LogP contribution in [-0.4, -0.2) is 11.8 Å². The van der Waals surface area contributed by atoms with Gasteiger partial charge >= 0.3 is 0 Å². The maximum atomic E-state index is 4.50. The van der Waals surface area contributed by atoms with Gasteiger partial charge in [-0.25, -0.2) is 0 Å². The molecule has 2 unspecified atom stereocenters. The highest BCUT2D eigenvalue weighted by atomic mass is 15.3. The van der Waals surface area contributed by atoms with Crippen LogP contribution in [0.1, 0.15) is 46.0 Å². The smallest absolute Gasteiger partial charge is 0.0441 e. The minimum atomic E-state index is 0.710. The molecule has 2 heteroatoms. The van der Waals surface area contributed by atoms with Crippen molar-refractivity contribution in [3.05, 3.63) is 0 Å². The third-order valence-corrected chi connectivity index (χ3v) is 3.40. The topological polar surface area (TPSA) is 24.4 Å². The van der Waals surface area contributed by atoms with Gasteiger partial charge in [0, 0.05) is 11.8 Å². The van der Waals surface area contributed by atoms with Crippen LogP contribution in [0.3, 0.4) is 0 Å². The summed E-state index contributed by atoms with van der Waals surface area (Å²) in [6.07, 6.45) is 6.39. The lowest BCUT2D eigenvalue weighted by molar-refractivity contribution is 0.354. The molecule has 0 aromatic rings. The predicted molar refractivity (Wildman–Crippen MR) is 55.8 cm³/mol. The second-order valence-corrected chi connectivity index (χ2v) is 4.78. The highest BCUT2D eigenvalue weighted by Crippen LogP contribution is 2.27. The Morgan fingerprint density at radius 1 is 1.15 bits per heavy atom. The van der Waals surface area contributed by atoms with Crippen LogP contribution >= 0.6 is 0 Å². The van der Waals surface area contributed by atoms with Gasteiger partial charge in [-0.2, -0.15) is 5.10 Å². The van der Waals surface area contributed by atoms with Crippen molar-refractivity contribution in [1.82, 2.24) is 5.43 Å². The molecule has 0 saturated heterocycles. The summed E-state index contributed by atoms with van der Waals surface area (Å²) in [4.78, 5) is 0. The molecule has 0 radical (unpaired) electrons. The molecule has 2 fully saturated rings. The van der Waals surface area contributed by atoms with E-state index in [2.05, 4.69) is 24.4 Å². The Kier molecular flexibility index (Phi) is 2.56. The van der Waals surface area contributed by atoms with E-state index < -0.39 is 0 Å². The molecule has 0 aromatic heterocycles. The monoisotopic (exact) mass is 180 g/mol. The number of rotatable bonds is 2. The van der Waals surface area contributed by atoms with Gasteiger partial charge in [-0.05, 0) is 43.9 Å². The van der Waals surface area contributed by atoms with Gasteiger partial charge in [0.05, 0.1) is 0 Å². The highest BCUT2D eigenvalue weighted by Gasteiger charge is 2.23. The van der Waals surface area contributed by atoms with Crippen molar-refractivity contribution in [1.29, 1.82) is 0 Å². The minimum absolute atomic E-state index is 0.710. The summed E-state index contributed by atoms with van der Waals surface area (Å²) in [6, 6.07) is 0.710. The van der Waals surface area contributed by atoms with Crippen LogP contribution < -0.4 is 5.43 Å². The van der Waals surface area contributed by atoms with E-state index >= 15 is 0 Å². The molecule has 0 heterocycles. The second kappa shape index (κ2) is 3.69. The van der Waals surface area contributed by atoms with Gasteiger partial charge in [-0.15, -0.1) is 0 Å². The van der Waals surface area contributed by atoms with Gasteiger partial charge in [-0.3, -0.25) is 0 Å². The third kappa shape index (κ3) is 2.45. The van der Waals surface area contributed by atoms with Crippen molar-refractivity contribution in [3.8, 4) is 0 Å². The molecule has 13 heavy (non-hydrogen) atoms. The molecule has 2 atom stereocenters. The van der Waals surface area contributed by atoms with Crippen LogP contribution in [0.5, 0.6) is 0 Å². The Hall–Kier alpha value is -0.530. The zero-order valence-electron chi connectivity index (χ0n) is 8.71. The van der Waals surface area contributed by atoms with Crippen LogP contribution in [0.2, 0.25) is 0 Å². The summed E-state index contributed by atoms with van der Waals surface area (Å²) in [5.74, 6) is 1.72. The highest BCUT2D eigenvalue weighted by molar-refractivity contribution is 5.85. The fourth-order valence-corrected chi connectivity index (χ4v) is 1.85. The van der Waals surface area contributed by atoms with Crippen molar-refractivity contribution >= 4 is 5.71 Å². The van der Waals surface area contributed by atoms with Crippen molar-refractivity contribution in [2.24, 2.45) is 16.9 Å². The first-order chi connectivity index (χ1) is 6.25. The largest absolute Gasteiger partial charge is 0.307 e. The Bertz CT molecular complexity index is 206. The minimum Gasteiger partial charge on any atom is -0.307 e. The van der Waals surface area contributed by atoms with Crippen LogP contribution in [0.25, 0.3) is 0 Å². The molecule has 2 saturated carbocycles. The first-order valence-corrected chi connectivity index (χ1v) is 5.56. The quantitative estimate of drug-likeness (QED) is 0.649. The predicted octanol–water partition coefficient (Wildman–Crippen LogP) is 2.55. The van der Waals surface area contributed by atoms with Crippen LogP contribution in [0.15, 0.2) is 5.10 Å². The zero-order valence-corrected chi connectivity index (χ0v) is 8.71. The SMILES string of the molecule is CC1CC/C(=N/NC2CC2)CC1C. The molecular formula is C11H20N2. The first kappa shape index (κ1) is 9.04. The van der Waals surface area contributed by atoms with E-state index in [1.54, 1.807) is 0 Å². The van der Waals surface area contributed by atoms with E-state index in [-0.39, 0.29) is 0 Å². The van der Waals surface area contributed by atoms with E-state index in [0.29, 0.717) is 6.04 Å². The molecule has 2 nitrogen and oxygen atoms in total. The van der Waals surface area contributed by atoms with E-state index in [0.717, 1.165) is 11.8 Å². The molecule has 0 aromatic carbocycles. The van der Waals surface area contributed by atoms with Gasteiger partial charge in [0.2, 0.25) is 0 Å². The molecule has 1 N–H and O–H groups in total. The van der Waals surface area contributed by atoms with Gasteiger partial charge in [0.25, 0.3) is 0 Å². The number of hydrazone groups is 1. The Morgan fingerprint density at radius 2 is 1.92 bits per heavy atom. The number of nitrogens with zero attached hydrogens (tertiary/aromatic N) is 1. The Morgan fingerprint density at radius 3 is 2.54 bits per heavy atom. The molecule has 0 spiro atoms. The fraction of sp³-hybridized carbons (Fsp3) is 0.909. The van der Waals surface area contributed by atoms with Gasteiger partial charge in [0.1, 0.15) is 0 Å². The summed E-state index contributed by atoms with van der Waals surface area (Å²) < 4.78 is 0. The number of hydrogen-bond acceptors (Lipinski definition) is 2. The van der Waals surface area contributed by atoms with Gasteiger partial charge < -0.3 is 5.43 Å². The molecule has 74 valence electrons. The van der Waals surface area contributed by atoms with E-state index in [9.17, 15) is 0 Å². The van der Waals surface area contributed by atoms with Crippen LogP contribution in [-0.2, 0) is 0 Å². The molecule has 0 aliphatic heterocycles. The van der Waals surface area contributed by atoms with E-state index in [1.165, 1.54) is 37.8 Å². The summed E-state index contributed by atoms with van der Waals surface area (Å²) >= 11 is 0. The lowest BCUT2D eigenvalue weighted by atomic mass is 9.81. The van der Waals surface area contributed by atoms with Gasteiger partial charge in [0.15, 0.2) is 0 Å². The summed E-state index contributed by atoms with van der Waals surface area (Å²) in [5, 5.41) is 4.50. The molecule has 0 amide bonds. The molecule has 2 rings (SSSR count). The van der Waals surface area contributed by atoms with Crippen molar-refractivity contribution in [3.63, 3.8) is 0 Å². The van der Waals surface area contributed by atoms with Crippen LogP contribution in [0, 0.1) is 11.8 Å².